The fourth-order valence-electron chi connectivity index (χ4n) is 4.94. The van der Waals surface area contributed by atoms with Crippen LogP contribution in [0.15, 0.2) is 30.3 Å². The number of hydrogen-bond acceptors (Lipinski definition) is 6. The van der Waals surface area contributed by atoms with Gasteiger partial charge in [0.1, 0.15) is 11.9 Å². The predicted octanol–water partition coefficient (Wildman–Crippen LogP) is 1.92. The summed E-state index contributed by atoms with van der Waals surface area (Å²) in [6, 6.07) is 9.49. The quantitative estimate of drug-likeness (QED) is 0.443. The van der Waals surface area contributed by atoms with Gasteiger partial charge in [0.15, 0.2) is 0 Å². The van der Waals surface area contributed by atoms with Crippen LogP contribution in [0.5, 0.6) is 0 Å². The highest BCUT2D eigenvalue weighted by atomic mass is 16.2. The van der Waals surface area contributed by atoms with Crippen molar-refractivity contribution in [1.29, 1.82) is 0 Å². The van der Waals surface area contributed by atoms with Gasteiger partial charge in [-0.25, -0.2) is 4.98 Å². The first-order valence-corrected chi connectivity index (χ1v) is 11.8. The highest BCUT2D eigenvalue weighted by Crippen LogP contribution is 2.29. The van der Waals surface area contributed by atoms with Crippen molar-refractivity contribution in [2.45, 2.75) is 57.7 Å². The Balaban J connectivity index is 1.15. The number of fused-ring (bicyclic) bond motifs is 2. The zero-order valence-electron chi connectivity index (χ0n) is 18.7. The van der Waals surface area contributed by atoms with Crippen LogP contribution in [0.2, 0.25) is 0 Å². The van der Waals surface area contributed by atoms with Gasteiger partial charge in [-0.3, -0.25) is 19.7 Å². The summed E-state index contributed by atoms with van der Waals surface area (Å²) in [4.78, 5) is 43.0. The van der Waals surface area contributed by atoms with Crippen molar-refractivity contribution in [2.24, 2.45) is 0 Å². The molecule has 5 rings (SSSR count). The van der Waals surface area contributed by atoms with Gasteiger partial charge in [-0.15, -0.1) is 0 Å². The van der Waals surface area contributed by atoms with E-state index in [1.807, 2.05) is 18.2 Å². The van der Waals surface area contributed by atoms with Gasteiger partial charge in [-0.1, -0.05) is 18.2 Å². The molecule has 1 aromatic carbocycles. The third-order valence-electron chi connectivity index (χ3n) is 6.73. The monoisotopic (exact) mass is 447 g/mol. The standard InChI is InChI=1S/C25H29N5O3/c31-22-11-10-21(24(32)29-22)30-15-20-17(4-1-7-19(20)25(30)33)14-26-12-3-6-18-9-8-16-5-2-13-27-23(16)28-18/h1,4,7-9,21,26H,2-3,5-6,10-15H2,(H,27,28)(H,29,31,32). The molecule has 172 valence electrons. The Labute approximate surface area is 193 Å². The minimum atomic E-state index is -0.581. The number of rotatable bonds is 7. The summed E-state index contributed by atoms with van der Waals surface area (Å²) in [5.41, 5.74) is 5.12. The second-order valence-electron chi connectivity index (χ2n) is 8.96. The van der Waals surface area contributed by atoms with Crippen LogP contribution in [0.1, 0.15) is 58.4 Å². The van der Waals surface area contributed by atoms with Crippen molar-refractivity contribution in [3.63, 3.8) is 0 Å². The molecular weight excluding hydrogens is 418 g/mol. The number of hydrogen-bond donors (Lipinski definition) is 3. The van der Waals surface area contributed by atoms with Crippen LogP contribution in [0, 0.1) is 0 Å². The highest BCUT2D eigenvalue weighted by molar-refractivity contribution is 6.05. The molecule has 4 heterocycles. The van der Waals surface area contributed by atoms with Crippen molar-refractivity contribution in [1.82, 2.24) is 20.5 Å². The molecule has 3 aliphatic heterocycles. The van der Waals surface area contributed by atoms with E-state index in [-0.39, 0.29) is 24.1 Å². The maximum atomic E-state index is 12.9. The number of imide groups is 1. The second kappa shape index (κ2) is 9.31. The van der Waals surface area contributed by atoms with E-state index in [9.17, 15) is 14.4 Å². The number of aryl methyl sites for hydroxylation is 2. The van der Waals surface area contributed by atoms with Gasteiger partial charge < -0.3 is 15.5 Å². The number of piperidine rings is 1. The first kappa shape index (κ1) is 21.6. The Hall–Kier alpha value is -3.26. The molecule has 8 nitrogen and oxygen atoms in total. The van der Waals surface area contributed by atoms with Gasteiger partial charge in [0.25, 0.3) is 5.91 Å². The molecule has 2 aromatic rings. The molecule has 33 heavy (non-hydrogen) atoms. The lowest BCUT2D eigenvalue weighted by molar-refractivity contribution is -0.136. The molecule has 1 aromatic heterocycles. The first-order valence-electron chi connectivity index (χ1n) is 11.8. The van der Waals surface area contributed by atoms with Gasteiger partial charge in [0.05, 0.1) is 0 Å². The maximum absolute atomic E-state index is 12.9. The Morgan fingerprint density at radius 1 is 1.12 bits per heavy atom. The first-order chi connectivity index (χ1) is 16.1. The topological polar surface area (TPSA) is 103 Å². The van der Waals surface area contributed by atoms with E-state index in [4.69, 9.17) is 4.98 Å². The average molecular weight is 448 g/mol. The molecule has 3 N–H and O–H groups in total. The Morgan fingerprint density at radius 3 is 2.91 bits per heavy atom. The average Bonchev–Trinajstić information content (AvgIpc) is 3.16. The summed E-state index contributed by atoms with van der Waals surface area (Å²) in [7, 11) is 0. The van der Waals surface area contributed by atoms with Crippen molar-refractivity contribution in [2.75, 3.05) is 18.4 Å². The van der Waals surface area contributed by atoms with E-state index < -0.39 is 6.04 Å². The summed E-state index contributed by atoms with van der Waals surface area (Å²) in [6.07, 6.45) is 4.79. The van der Waals surface area contributed by atoms with Crippen LogP contribution in [0.25, 0.3) is 0 Å². The number of nitrogens with zero attached hydrogens (tertiary/aromatic N) is 2. The highest BCUT2D eigenvalue weighted by Gasteiger charge is 2.39. The summed E-state index contributed by atoms with van der Waals surface area (Å²) in [5, 5.41) is 9.23. The zero-order chi connectivity index (χ0) is 22.8. The number of anilines is 1. The number of aromatic nitrogens is 1. The van der Waals surface area contributed by atoms with Gasteiger partial charge in [-0.05, 0) is 67.5 Å². The van der Waals surface area contributed by atoms with E-state index in [1.165, 1.54) is 5.56 Å². The SMILES string of the molecule is O=C1CCC(N2Cc3c(CNCCCc4ccc5c(n4)NCCC5)cccc3C2=O)C(=O)N1. The molecule has 0 aliphatic carbocycles. The summed E-state index contributed by atoms with van der Waals surface area (Å²) >= 11 is 0. The normalized spacial score (nSPS) is 19.7. The van der Waals surface area contributed by atoms with Gasteiger partial charge in [0, 0.05) is 37.3 Å². The molecular formula is C25H29N5O3. The second-order valence-corrected chi connectivity index (χ2v) is 8.96. The van der Waals surface area contributed by atoms with Crippen molar-refractivity contribution >= 4 is 23.5 Å². The molecule has 0 spiro atoms. The fraction of sp³-hybridized carbons (Fsp3) is 0.440. The van der Waals surface area contributed by atoms with E-state index >= 15 is 0 Å². The van der Waals surface area contributed by atoms with Gasteiger partial charge in [0.2, 0.25) is 11.8 Å². The Morgan fingerprint density at radius 2 is 2.03 bits per heavy atom. The molecule has 1 saturated heterocycles. The lowest BCUT2D eigenvalue weighted by Crippen LogP contribution is -2.52. The molecule has 1 fully saturated rings. The van der Waals surface area contributed by atoms with Crippen LogP contribution in [-0.4, -0.2) is 46.7 Å². The third-order valence-corrected chi connectivity index (χ3v) is 6.73. The van der Waals surface area contributed by atoms with Gasteiger partial charge >= 0.3 is 0 Å². The van der Waals surface area contributed by atoms with E-state index in [0.717, 1.165) is 61.4 Å². The number of nitrogens with one attached hydrogen (secondary N) is 3. The smallest absolute Gasteiger partial charge is 0.255 e. The van der Waals surface area contributed by atoms with Crippen molar-refractivity contribution in [3.05, 3.63) is 58.3 Å². The van der Waals surface area contributed by atoms with Crippen molar-refractivity contribution < 1.29 is 14.4 Å². The minimum absolute atomic E-state index is 0.131. The van der Waals surface area contributed by atoms with Crippen LogP contribution < -0.4 is 16.0 Å². The fourth-order valence-corrected chi connectivity index (χ4v) is 4.94. The van der Waals surface area contributed by atoms with E-state index in [0.29, 0.717) is 25.1 Å². The summed E-state index contributed by atoms with van der Waals surface area (Å²) in [6.45, 7) is 2.92. The molecule has 0 bridgehead atoms. The number of carbonyl (C=O) groups is 3. The zero-order valence-corrected chi connectivity index (χ0v) is 18.7. The van der Waals surface area contributed by atoms with Crippen LogP contribution >= 0.6 is 0 Å². The minimum Gasteiger partial charge on any atom is -0.370 e. The lowest BCUT2D eigenvalue weighted by Gasteiger charge is -2.29. The van der Waals surface area contributed by atoms with Crippen LogP contribution in [-0.2, 0) is 35.5 Å². The van der Waals surface area contributed by atoms with Crippen LogP contribution in [0.3, 0.4) is 0 Å². The maximum Gasteiger partial charge on any atom is 0.255 e. The predicted molar refractivity (Wildman–Crippen MR) is 124 cm³/mol. The number of pyridine rings is 1. The number of carbonyl (C=O) groups excluding carboxylic acids is 3. The summed E-state index contributed by atoms with van der Waals surface area (Å²) < 4.78 is 0. The number of benzene rings is 1. The number of amides is 3. The molecule has 1 unspecified atom stereocenters. The summed E-state index contributed by atoms with van der Waals surface area (Å²) in [5.74, 6) is 0.260. The van der Waals surface area contributed by atoms with Crippen LogP contribution in [0.4, 0.5) is 5.82 Å². The molecule has 1 atom stereocenters. The molecule has 0 radical (unpaired) electrons. The van der Waals surface area contributed by atoms with Gasteiger partial charge in [-0.2, -0.15) is 0 Å². The molecule has 3 aliphatic rings. The van der Waals surface area contributed by atoms with E-state index in [2.05, 4.69) is 28.1 Å². The Bertz CT molecular complexity index is 1100. The van der Waals surface area contributed by atoms with E-state index in [1.54, 1.807) is 4.90 Å². The molecule has 0 saturated carbocycles. The lowest BCUT2D eigenvalue weighted by atomic mass is 10.0. The molecule has 8 heteroatoms. The van der Waals surface area contributed by atoms with Crippen molar-refractivity contribution in [3.8, 4) is 0 Å². The molecule has 3 amide bonds. The largest absolute Gasteiger partial charge is 0.370 e. The Kier molecular flexibility index (Phi) is 6.09. The third kappa shape index (κ3) is 4.48.